The molecule has 2 rings (SSSR count). The zero-order chi connectivity index (χ0) is 13.8. The summed E-state index contributed by atoms with van der Waals surface area (Å²) in [5.74, 6) is 0. The van der Waals surface area contributed by atoms with Gasteiger partial charge >= 0.3 is 0 Å². The Morgan fingerprint density at radius 2 is 1.89 bits per heavy atom. The van der Waals surface area contributed by atoms with Gasteiger partial charge in [0.1, 0.15) is 0 Å². The second kappa shape index (κ2) is 5.82. The minimum atomic E-state index is -0.413. The van der Waals surface area contributed by atoms with Gasteiger partial charge in [-0.2, -0.15) is 0 Å². The molecule has 19 heavy (non-hydrogen) atoms. The molecule has 0 amide bonds. The van der Waals surface area contributed by atoms with E-state index in [4.69, 9.17) is 17.3 Å². The van der Waals surface area contributed by atoms with Crippen LogP contribution in [-0.4, -0.2) is 4.92 Å². The fourth-order valence-corrected chi connectivity index (χ4v) is 2.15. The van der Waals surface area contributed by atoms with E-state index in [9.17, 15) is 10.1 Å². The summed E-state index contributed by atoms with van der Waals surface area (Å²) in [6.07, 6.45) is 0.376. The van der Waals surface area contributed by atoms with Crippen LogP contribution in [0.15, 0.2) is 48.5 Å². The van der Waals surface area contributed by atoms with Crippen LogP contribution in [0.1, 0.15) is 17.2 Å². The monoisotopic (exact) mass is 276 g/mol. The van der Waals surface area contributed by atoms with Crippen molar-refractivity contribution in [1.82, 2.24) is 0 Å². The van der Waals surface area contributed by atoms with Gasteiger partial charge in [-0.15, -0.1) is 0 Å². The predicted octanol–water partition coefficient (Wildman–Crippen LogP) is 3.49. The van der Waals surface area contributed by atoms with Gasteiger partial charge in [-0.1, -0.05) is 41.9 Å². The van der Waals surface area contributed by atoms with E-state index in [0.717, 1.165) is 5.56 Å². The molecule has 98 valence electrons. The van der Waals surface area contributed by atoms with Crippen molar-refractivity contribution in [1.29, 1.82) is 0 Å². The number of nitro groups is 1. The van der Waals surface area contributed by atoms with E-state index >= 15 is 0 Å². The van der Waals surface area contributed by atoms with Gasteiger partial charge < -0.3 is 5.73 Å². The molecule has 1 atom stereocenters. The van der Waals surface area contributed by atoms with Gasteiger partial charge in [0.15, 0.2) is 0 Å². The Balaban J connectivity index is 2.28. The van der Waals surface area contributed by atoms with E-state index in [0.29, 0.717) is 17.0 Å². The number of nitro benzene ring substituents is 1. The third kappa shape index (κ3) is 3.30. The van der Waals surface area contributed by atoms with Crippen molar-refractivity contribution in [3.05, 3.63) is 74.8 Å². The quantitative estimate of drug-likeness (QED) is 0.686. The third-order valence-corrected chi connectivity index (χ3v) is 3.14. The van der Waals surface area contributed by atoms with Crippen LogP contribution < -0.4 is 5.73 Å². The molecule has 2 N–H and O–H groups in total. The van der Waals surface area contributed by atoms with Gasteiger partial charge in [0.05, 0.1) is 4.92 Å². The molecule has 5 heteroatoms. The maximum absolute atomic E-state index is 11.0. The Morgan fingerprint density at radius 3 is 2.53 bits per heavy atom. The van der Waals surface area contributed by atoms with E-state index in [1.165, 1.54) is 12.1 Å². The molecule has 0 aliphatic heterocycles. The summed E-state index contributed by atoms with van der Waals surface area (Å²) in [5.41, 5.74) is 7.62. The molecule has 1 unspecified atom stereocenters. The van der Waals surface area contributed by atoms with Crippen LogP contribution in [0, 0.1) is 10.1 Å². The van der Waals surface area contributed by atoms with Crippen molar-refractivity contribution >= 4 is 17.3 Å². The Labute approximate surface area is 116 Å². The van der Waals surface area contributed by atoms with Crippen LogP contribution in [0.4, 0.5) is 5.69 Å². The zero-order valence-electron chi connectivity index (χ0n) is 10.1. The fourth-order valence-electron chi connectivity index (χ4n) is 1.95. The first kappa shape index (κ1) is 13.5. The molecule has 0 spiro atoms. The molecule has 0 fully saturated rings. The highest BCUT2D eigenvalue weighted by Crippen LogP contribution is 2.26. The molecule has 2 aromatic carbocycles. The Hall–Kier alpha value is -1.91. The van der Waals surface area contributed by atoms with Crippen molar-refractivity contribution < 1.29 is 4.92 Å². The molecule has 0 bridgehead atoms. The number of rotatable bonds is 4. The first-order chi connectivity index (χ1) is 9.08. The summed E-state index contributed by atoms with van der Waals surface area (Å²) in [4.78, 5) is 10.6. The molecule has 0 saturated carbocycles. The topological polar surface area (TPSA) is 69.2 Å². The highest BCUT2D eigenvalue weighted by molar-refractivity contribution is 6.30. The van der Waals surface area contributed by atoms with Crippen molar-refractivity contribution in [2.24, 2.45) is 5.73 Å². The van der Waals surface area contributed by atoms with Gasteiger partial charge in [0.25, 0.3) is 5.69 Å². The summed E-state index contributed by atoms with van der Waals surface area (Å²) in [6.45, 7) is 0. The maximum Gasteiger partial charge on any atom is 0.272 e. The average Bonchev–Trinajstić information content (AvgIpc) is 2.39. The lowest BCUT2D eigenvalue weighted by molar-refractivity contribution is -0.385. The number of nitrogens with zero attached hydrogens (tertiary/aromatic N) is 1. The van der Waals surface area contributed by atoms with Crippen molar-refractivity contribution in [3.8, 4) is 0 Å². The summed E-state index contributed by atoms with van der Waals surface area (Å²) in [5, 5.41) is 11.4. The minimum Gasteiger partial charge on any atom is -0.324 e. The van der Waals surface area contributed by atoms with E-state index in [2.05, 4.69) is 0 Å². The van der Waals surface area contributed by atoms with Gasteiger partial charge in [0.2, 0.25) is 0 Å². The number of benzene rings is 2. The lowest BCUT2D eigenvalue weighted by atomic mass is 9.99. The Bertz CT molecular complexity index is 587. The first-order valence-corrected chi connectivity index (χ1v) is 6.19. The smallest absolute Gasteiger partial charge is 0.272 e. The summed E-state index contributed by atoms with van der Waals surface area (Å²) in [7, 11) is 0. The second-order valence-corrected chi connectivity index (χ2v) is 4.69. The maximum atomic E-state index is 11.0. The number of hydrogen-bond acceptors (Lipinski definition) is 3. The molecule has 0 aromatic heterocycles. The van der Waals surface area contributed by atoms with Gasteiger partial charge in [0, 0.05) is 22.7 Å². The molecule has 4 nitrogen and oxygen atoms in total. The second-order valence-electron chi connectivity index (χ2n) is 4.25. The molecular weight excluding hydrogens is 264 g/mol. The van der Waals surface area contributed by atoms with E-state index in [-0.39, 0.29) is 11.7 Å². The third-order valence-electron chi connectivity index (χ3n) is 2.91. The van der Waals surface area contributed by atoms with Gasteiger partial charge in [-0.25, -0.2) is 0 Å². The summed E-state index contributed by atoms with van der Waals surface area (Å²) < 4.78 is 0. The largest absolute Gasteiger partial charge is 0.324 e. The Morgan fingerprint density at radius 1 is 1.21 bits per heavy atom. The SMILES string of the molecule is NC(Cc1cc(Cl)ccc1[N+](=O)[O-])c1ccccc1. The van der Waals surface area contributed by atoms with E-state index in [1.54, 1.807) is 6.07 Å². The molecule has 0 radical (unpaired) electrons. The summed E-state index contributed by atoms with van der Waals surface area (Å²) >= 11 is 5.89. The fraction of sp³-hybridized carbons (Fsp3) is 0.143. The molecule has 2 aromatic rings. The van der Waals surface area contributed by atoms with Gasteiger partial charge in [-0.05, 0) is 24.1 Å². The molecule has 0 aliphatic carbocycles. The van der Waals surface area contributed by atoms with Gasteiger partial charge in [-0.3, -0.25) is 10.1 Å². The Kier molecular flexibility index (Phi) is 4.14. The summed E-state index contributed by atoms with van der Waals surface area (Å²) in [6, 6.07) is 13.7. The zero-order valence-corrected chi connectivity index (χ0v) is 10.9. The van der Waals surface area contributed by atoms with E-state index in [1.807, 2.05) is 30.3 Å². The van der Waals surface area contributed by atoms with Crippen LogP contribution in [0.5, 0.6) is 0 Å². The highest BCUT2D eigenvalue weighted by Gasteiger charge is 2.17. The first-order valence-electron chi connectivity index (χ1n) is 5.81. The van der Waals surface area contributed by atoms with Crippen LogP contribution in [0.2, 0.25) is 5.02 Å². The van der Waals surface area contributed by atoms with Crippen molar-refractivity contribution in [3.63, 3.8) is 0 Å². The van der Waals surface area contributed by atoms with Crippen LogP contribution >= 0.6 is 11.6 Å². The molecule has 0 heterocycles. The van der Waals surface area contributed by atoms with Crippen molar-refractivity contribution in [2.45, 2.75) is 12.5 Å². The normalized spacial score (nSPS) is 12.1. The predicted molar refractivity (Wildman–Crippen MR) is 75.2 cm³/mol. The lowest BCUT2D eigenvalue weighted by Gasteiger charge is -2.12. The highest BCUT2D eigenvalue weighted by atomic mass is 35.5. The van der Waals surface area contributed by atoms with Crippen LogP contribution in [0.25, 0.3) is 0 Å². The standard InChI is InChI=1S/C14H13ClN2O2/c15-12-6-7-14(17(18)19)11(8-12)9-13(16)10-4-2-1-3-5-10/h1-8,13H,9,16H2. The molecule has 0 saturated heterocycles. The lowest BCUT2D eigenvalue weighted by Crippen LogP contribution is -2.14. The number of halogens is 1. The van der Waals surface area contributed by atoms with E-state index < -0.39 is 4.92 Å². The number of hydrogen-bond donors (Lipinski definition) is 1. The average molecular weight is 277 g/mol. The van der Waals surface area contributed by atoms with Crippen LogP contribution in [0.3, 0.4) is 0 Å². The van der Waals surface area contributed by atoms with Crippen LogP contribution in [-0.2, 0) is 6.42 Å². The molecule has 0 aliphatic rings. The number of nitrogens with two attached hydrogens (primary N) is 1. The minimum absolute atomic E-state index is 0.0516. The van der Waals surface area contributed by atoms with Crippen molar-refractivity contribution in [2.75, 3.05) is 0 Å². The molecular formula is C14H13ClN2O2.